The first-order valence-electron chi connectivity index (χ1n) is 6.35. The fraction of sp³-hybridized carbons (Fsp3) is 0.923. The molecule has 2 rings (SSSR count). The molecular weight excluding hydrogens is 236 g/mol. The van der Waals surface area contributed by atoms with E-state index < -0.39 is 17.0 Å². The molecule has 4 heteroatoms. The summed E-state index contributed by atoms with van der Waals surface area (Å²) in [4.78, 5) is 11.7. The molecule has 2 aliphatic rings. The average molecular weight is 258 g/mol. The summed E-state index contributed by atoms with van der Waals surface area (Å²) in [5, 5.41) is 20.3. The van der Waals surface area contributed by atoms with Gasteiger partial charge in [0, 0.05) is 5.75 Å². The van der Waals surface area contributed by atoms with E-state index in [1.165, 1.54) is 0 Å². The Balaban J connectivity index is 2.26. The Morgan fingerprint density at radius 1 is 1.12 bits per heavy atom. The van der Waals surface area contributed by atoms with Crippen LogP contribution in [-0.4, -0.2) is 33.3 Å². The lowest BCUT2D eigenvalue weighted by Gasteiger charge is -2.48. The number of carbonyl (C=O) groups is 1. The minimum Gasteiger partial charge on any atom is -0.481 e. The van der Waals surface area contributed by atoms with Gasteiger partial charge < -0.3 is 10.2 Å². The van der Waals surface area contributed by atoms with Crippen LogP contribution in [0.5, 0.6) is 0 Å². The van der Waals surface area contributed by atoms with Crippen molar-refractivity contribution in [2.75, 3.05) is 11.5 Å². The maximum absolute atomic E-state index is 11.7. The van der Waals surface area contributed by atoms with Gasteiger partial charge in [-0.1, -0.05) is 13.8 Å². The normalized spacial score (nSPS) is 35.7. The van der Waals surface area contributed by atoms with Crippen molar-refractivity contribution in [1.82, 2.24) is 0 Å². The quantitative estimate of drug-likeness (QED) is 0.799. The first kappa shape index (κ1) is 13.2. The summed E-state index contributed by atoms with van der Waals surface area (Å²) in [7, 11) is 0. The van der Waals surface area contributed by atoms with Gasteiger partial charge in [-0.25, -0.2) is 0 Å². The summed E-state index contributed by atoms with van der Waals surface area (Å²) in [6.07, 6.45) is 3.65. The van der Waals surface area contributed by atoms with Crippen molar-refractivity contribution < 1.29 is 15.0 Å². The highest BCUT2D eigenvalue weighted by Gasteiger charge is 2.58. The Bertz CT molecular complexity index is 309. The highest BCUT2D eigenvalue weighted by atomic mass is 32.2. The summed E-state index contributed by atoms with van der Waals surface area (Å²) < 4.78 is 0. The van der Waals surface area contributed by atoms with Crippen LogP contribution in [0.1, 0.15) is 46.0 Å². The van der Waals surface area contributed by atoms with Crippen LogP contribution in [0.3, 0.4) is 0 Å². The van der Waals surface area contributed by atoms with E-state index in [-0.39, 0.29) is 5.41 Å². The Hall–Kier alpha value is -0.220. The number of aliphatic hydroxyl groups is 1. The second-order valence-electron chi connectivity index (χ2n) is 6.39. The fourth-order valence-corrected chi connectivity index (χ4v) is 4.55. The van der Waals surface area contributed by atoms with Gasteiger partial charge in [-0.15, -0.1) is 0 Å². The molecule has 1 saturated heterocycles. The Labute approximate surface area is 107 Å². The lowest BCUT2D eigenvalue weighted by atomic mass is 9.58. The van der Waals surface area contributed by atoms with E-state index in [1.807, 2.05) is 0 Å². The van der Waals surface area contributed by atoms with Crippen molar-refractivity contribution in [3.05, 3.63) is 0 Å². The van der Waals surface area contributed by atoms with Gasteiger partial charge >= 0.3 is 5.97 Å². The third-order valence-corrected chi connectivity index (χ3v) is 5.93. The number of carboxylic acid groups (broad SMARTS) is 1. The highest BCUT2D eigenvalue weighted by Crippen LogP contribution is 2.54. The zero-order chi connectivity index (χ0) is 12.7. The van der Waals surface area contributed by atoms with Gasteiger partial charge in [0.2, 0.25) is 0 Å². The van der Waals surface area contributed by atoms with Gasteiger partial charge in [0.15, 0.2) is 0 Å². The third kappa shape index (κ3) is 2.10. The van der Waals surface area contributed by atoms with Gasteiger partial charge in [-0.05, 0) is 43.3 Å². The molecule has 1 atom stereocenters. The average Bonchev–Trinajstić information content (AvgIpc) is 2.66. The topological polar surface area (TPSA) is 57.5 Å². The molecule has 0 radical (unpaired) electrons. The first-order chi connectivity index (χ1) is 7.81. The molecule has 2 fully saturated rings. The van der Waals surface area contributed by atoms with Crippen LogP contribution < -0.4 is 0 Å². The van der Waals surface area contributed by atoms with Crippen molar-refractivity contribution in [1.29, 1.82) is 0 Å². The smallest absolute Gasteiger partial charge is 0.312 e. The van der Waals surface area contributed by atoms with Crippen LogP contribution in [-0.2, 0) is 4.79 Å². The molecule has 1 heterocycles. The van der Waals surface area contributed by atoms with E-state index >= 15 is 0 Å². The van der Waals surface area contributed by atoms with Crippen molar-refractivity contribution in [2.45, 2.75) is 51.6 Å². The lowest BCUT2D eigenvalue weighted by molar-refractivity contribution is -0.174. The minimum absolute atomic E-state index is 0.223. The molecule has 98 valence electrons. The number of rotatable bonds is 2. The van der Waals surface area contributed by atoms with Crippen molar-refractivity contribution in [2.24, 2.45) is 10.8 Å². The monoisotopic (exact) mass is 258 g/mol. The maximum Gasteiger partial charge on any atom is 0.312 e. The molecule has 17 heavy (non-hydrogen) atoms. The van der Waals surface area contributed by atoms with Gasteiger partial charge in [0.25, 0.3) is 0 Å². The fourth-order valence-electron chi connectivity index (χ4n) is 3.16. The van der Waals surface area contributed by atoms with Crippen molar-refractivity contribution in [3.8, 4) is 0 Å². The molecule has 0 aromatic carbocycles. The highest BCUT2D eigenvalue weighted by molar-refractivity contribution is 7.99. The summed E-state index contributed by atoms with van der Waals surface area (Å²) in [6, 6.07) is 0. The Kier molecular flexibility index (Phi) is 3.24. The Morgan fingerprint density at radius 2 is 1.71 bits per heavy atom. The molecule has 0 aromatic rings. The molecule has 1 aliphatic carbocycles. The van der Waals surface area contributed by atoms with Crippen LogP contribution in [0.2, 0.25) is 0 Å². The molecule has 1 unspecified atom stereocenters. The predicted octanol–water partition coefficient (Wildman–Crippen LogP) is 2.53. The van der Waals surface area contributed by atoms with E-state index in [1.54, 1.807) is 11.8 Å². The van der Waals surface area contributed by atoms with E-state index in [0.717, 1.165) is 18.6 Å². The zero-order valence-corrected chi connectivity index (χ0v) is 11.5. The maximum atomic E-state index is 11.7. The molecule has 0 amide bonds. The molecule has 1 saturated carbocycles. The summed E-state index contributed by atoms with van der Waals surface area (Å²) >= 11 is 1.68. The number of hydrogen-bond donors (Lipinski definition) is 2. The van der Waals surface area contributed by atoms with Crippen LogP contribution in [0.25, 0.3) is 0 Å². The zero-order valence-electron chi connectivity index (χ0n) is 10.7. The standard InChI is InChI=1S/C13H22O3S/c1-11(2)3-5-12(6-4-11,10(14)15)13(16)7-8-17-9-13/h16H,3-9H2,1-2H3,(H,14,15). The molecular formula is C13H22O3S. The Morgan fingerprint density at radius 3 is 2.12 bits per heavy atom. The third-order valence-electron chi connectivity index (χ3n) is 4.76. The minimum atomic E-state index is -0.986. The summed E-state index contributed by atoms with van der Waals surface area (Å²) in [5.74, 6) is 0.673. The number of hydrogen-bond acceptors (Lipinski definition) is 3. The lowest BCUT2D eigenvalue weighted by Crippen LogP contribution is -2.56. The van der Waals surface area contributed by atoms with Gasteiger partial charge in [0.05, 0.1) is 11.0 Å². The SMILES string of the molecule is CC1(C)CCC(C(=O)O)(C2(O)CCSC2)CC1. The summed E-state index contributed by atoms with van der Waals surface area (Å²) in [6.45, 7) is 4.37. The molecule has 1 aliphatic heterocycles. The van der Waals surface area contributed by atoms with E-state index in [2.05, 4.69) is 13.8 Å². The van der Waals surface area contributed by atoms with Crippen LogP contribution in [0.4, 0.5) is 0 Å². The van der Waals surface area contributed by atoms with Gasteiger partial charge in [0.1, 0.15) is 0 Å². The second-order valence-corrected chi connectivity index (χ2v) is 7.49. The second kappa shape index (κ2) is 4.16. The molecule has 3 nitrogen and oxygen atoms in total. The first-order valence-corrected chi connectivity index (χ1v) is 7.50. The van der Waals surface area contributed by atoms with E-state index in [4.69, 9.17) is 0 Å². The van der Waals surface area contributed by atoms with Crippen molar-refractivity contribution >= 4 is 17.7 Å². The van der Waals surface area contributed by atoms with Crippen LogP contribution in [0, 0.1) is 10.8 Å². The largest absolute Gasteiger partial charge is 0.481 e. The van der Waals surface area contributed by atoms with Crippen LogP contribution >= 0.6 is 11.8 Å². The number of carboxylic acids is 1. The van der Waals surface area contributed by atoms with Crippen LogP contribution in [0.15, 0.2) is 0 Å². The van der Waals surface area contributed by atoms with E-state index in [9.17, 15) is 15.0 Å². The molecule has 0 aromatic heterocycles. The number of thioether (sulfide) groups is 1. The molecule has 0 spiro atoms. The molecule has 0 bridgehead atoms. The van der Waals surface area contributed by atoms with Gasteiger partial charge in [-0.3, -0.25) is 4.79 Å². The predicted molar refractivity (Wildman–Crippen MR) is 69.2 cm³/mol. The molecule has 2 N–H and O–H groups in total. The van der Waals surface area contributed by atoms with Gasteiger partial charge in [-0.2, -0.15) is 11.8 Å². The number of aliphatic carboxylic acids is 1. The summed E-state index contributed by atoms with van der Waals surface area (Å²) in [5.41, 5.74) is -1.66. The van der Waals surface area contributed by atoms with Crippen molar-refractivity contribution in [3.63, 3.8) is 0 Å². The van der Waals surface area contributed by atoms with E-state index in [0.29, 0.717) is 25.0 Å².